The van der Waals surface area contributed by atoms with Crippen LogP contribution in [0.25, 0.3) is 0 Å². The lowest BCUT2D eigenvalue weighted by Crippen LogP contribution is -2.40. The van der Waals surface area contributed by atoms with Gasteiger partial charge in [-0.15, -0.1) is 0 Å². The maximum Gasteiger partial charge on any atom is 0.228 e. The van der Waals surface area contributed by atoms with Crippen molar-refractivity contribution in [2.45, 2.75) is 68.6 Å². The van der Waals surface area contributed by atoms with Gasteiger partial charge in [-0.1, -0.05) is 61.4 Å². The number of hydrogen-bond acceptors (Lipinski definition) is 5. The summed E-state index contributed by atoms with van der Waals surface area (Å²) in [7, 11) is -3.98. The topological polar surface area (TPSA) is 81.5 Å². The van der Waals surface area contributed by atoms with E-state index in [0.717, 1.165) is 44.1 Å². The Labute approximate surface area is 223 Å². The van der Waals surface area contributed by atoms with E-state index in [1.54, 1.807) is 16.8 Å². The number of hydrogen-bond donors (Lipinski definition) is 0. The maximum atomic E-state index is 14.3. The van der Waals surface area contributed by atoms with E-state index >= 15 is 0 Å². The molecule has 0 spiro atoms. The van der Waals surface area contributed by atoms with E-state index in [9.17, 15) is 17.6 Å². The molecule has 9 heteroatoms. The number of amides is 1. The molecular formula is C29H34FN3O4S. The number of imidazole rings is 1. The van der Waals surface area contributed by atoms with Gasteiger partial charge in [0.25, 0.3) is 0 Å². The molecule has 0 unspecified atom stereocenters. The Balaban J connectivity index is 1.48. The minimum atomic E-state index is -3.98. The Bertz CT molecular complexity index is 1350. The second-order valence-corrected chi connectivity index (χ2v) is 12.2. The monoisotopic (exact) mass is 539 g/mol. The van der Waals surface area contributed by atoms with Crippen LogP contribution in [0.3, 0.4) is 0 Å². The lowest BCUT2D eigenvalue weighted by Gasteiger charge is -2.28. The van der Waals surface area contributed by atoms with Crippen LogP contribution in [0.1, 0.15) is 55.3 Å². The molecule has 1 atom stereocenters. The van der Waals surface area contributed by atoms with Crippen molar-refractivity contribution < 1.29 is 22.3 Å². The highest BCUT2D eigenvalue weighted by atomic mass is 32.2. The summed E-state index contributed by atoms with van der Waals surface area (Å²) in [5.41, 5.74) is 1.63. The molecule has 2 heterocycles. The molecule has 1 amide bonds. The number of sulfone groups is 1. The van der Waals surface area contributed by atoms with Gasteiger partial charge < -0.3 is 14.2 Å². The second-order valence-electron chi connectivity index (χ2n) is 10.3. The van der Waals surface area contributed by atoms with E-state index in [1.165, 1.54) is 18.2 Å². The first-order chi connectivity index (χ1) is 18.4. The van der Waals surface area contributed by atoms with Crippen molar-refractivity contribution in [3.05, 3.63) is 83.4 Å². The third-order valence-corrected chi connectivity index (χ3v) is 9.06. The van der Waals surface area contributed by atoms with Crippen molar-refractivity contribution >= 4 is 15.7 Å². The molecule has 2 aliphatic rings. The van der Waals surface area contributed by atoms with Gasteiger partial charge in [0, 0.05) is 24.6 Å². The van der Waals surface area contributed by atoms with E-state index < -0.39 is 21.4 Å². The average Bonchev–Trinajstić information content (AvgIpc) is 3.69. The zero-order chi connectivity index (χ0) is 26.5. The fourth-order valence-corrected chi connectivity index (χ4v) is 6.98. The summed E-state index contributed by atoms with van der Waals surface area (Å²) in [5, 5.41) is -0.120. The molecule has 0 N–H and O–H groups in total. The number of rotatable bonds is 10. The molecule has 2 fully saturated rings. The highest BCUT2D eigenvalue weighted by molar-refractivity contribution is 7.90. The van der Waals surface area contributed by atoms with Crippen LogP contribution < -0.4 is 0 Å². The predicted octanol–water partition coefficient (Wildman–Crippen LogP) is 4.74. The molecule has 1 aliphatic carbocycles. The standard InChI is InChI=1S/C29H34FN3O4S/c30-27-15-7-6-13-24(27)21-38(35,36)29-31-17-25(33(29)18-22-9-2-1-3-10-22)19-32(20-26-14-8-16-37-26)28(34)23-11-4-5-12-23/h1-3,6-7,9-10,13,15,17,23,26H,4-5,8,11-12,14,16,18-21H2/t26-/m1/s1. The molecular weight excluding hydrogens is 505 g/mol. The third-order valence-electron chi connectivity index (χ3n) is 7.48. The lowest BCUT2D eigenvalue weighted by molar-refractivity contribution is -0.137. The summed E-state index contributed by atoms with van der Waals surface area (Å²) in [4.78, 5) is 19.7. The van der Waals surface area contributed by atoms with Crippen LogP contribution in [0.15, 0.2) is 66.0 Å². The molecule has 2 aromatic carbocycles. The van der Waals surface area contributed by atoms with Crippen molar-refractivity contribution in [2.75, 3.05) is 13.2 Å². The van der Waals surface area contributed by atoms with Crippen LogP contribution >= 0.6 is 0 Å². The minimum absolute atomic E-state index is 0.00819. The molecule has 1 saturated heterocycles. The Kier molecular flexibility index (Phi) is 8.24. The number of aromatic nitrogens is 2. The molecule has 1 aromatic heterocycles. The Hall–Kier alpha value is -3.04. The van der Waals surface area contributed by atoms with E-state index in [0.29, 0.717) is 18.8 Å². The summed E-state index contributed by atoms with van der Waals surface area (Å²) < 4.78 is 48.9. The van der Waals surface area contributed by atoms with E-state index in [-0.39, 0.29) is 41.7 Å². The number of carbonyl (C=O) groups is 1. The maximum absolute atomic E-state index is 14.3. The van der Waals surface area contributed by atoms with Crippen molar-refractivity contribution in [1.29, 1.82) is 0 Å². The van der Waals surface area contributed by atoms with Gasteiger partial charge >= 0.3 is 0 Å². The molecule has 7 nitrogen and oxygen atoms in total. The third kappa shape index (κ3) is 6.15. The van der Waals surface area contributed by atoms with Gasteiger partial charge in [0.2, 0.25) is 20.9 Å². The largest absolute Gasteiger partial charge is 0.376 e. The van der Waals surface area contributed by atoms with Crippen LogP contribution in [0.4, 0.5) is 4.39 Å². The van der Waals surface area contributed by atoms with Gasteiger partial charge in [0.05, 0.1) is 36.8 Å². The Morgan fingerprint density at radius 1 is 1.03 bits per heavy atom. The first-order valence-corrected chi connectivity index (χ1v) is 15.0. The summed E-state index contributed by atoms with van der Waals surface area (Å²) in [5.74, 6) is -0.972. The molecule has 202 valence electrons. The van der Waals surface area contributed by atoms with Gasteiger partial charge in [0.15, 0.2) is 0 Å². The summed E-state index contributed by atoms with van der Waals surface area (Å²) >= 11 is 0. The summed E-state index contributed by atoms with van der Waals surface area (Å²) in [6.45, 7) is 1.68. The van der Waals surface area contributed by atoms with Gasteiger partial charge in [-0.05, 0) is 37.3 Å². The van der Waals surface area contributed by atoms with E-state index in [4.69, 9.17) is 4.74 Å². The number of benzene rings is 2. The van der Waals surface area contributed by atoms with Crippen LogP contribution in [0, 0.1) is 11.7 Å². The summed E-state index contributed by atoms with van der Waals surface area (Å²) in [6, 6.07) is 15.4. The zero-order valence-electron chi connectivity index (χ0n) is 21.5. The molecule has 5 rings (SSSR count). The zero-order valence-corrected chi connectivity index (χ0v) is 22.3. The number of halogens is 1. The second kappa shape index (κ2) is 11.8. The fourth-order valence-electron chi connectivity index (χ4n) is 5.48. The fraction of sp³-hybridized carbons (Fsp3) is 0.448. The number of nitrogens with zero attached hydrogens (tertiary/aromatic N) is 3. The summed E-state index contributed by atoms with van der Waals surface area (Å²) in [6.07, 6.45) is 7.26. The Morgan fingerprint density at radius 2 is 1.76 bits per heavy atom. The quantitative estimate of drug-likeness (QED) is 0.372. The lowest BCUT2D eigenvalue weighted by atomic mass is 10.1. The highest BCUT2D eigenvalue weighted by Gasteiger charge is 2.32. The molecule has 1 saturated carbocycles. The smallest absolute Gasteiger partial charge is 0.228 e. The van der Waals surface area contributed by atoms with Crippen LogP contribution in [-0.2, 0) is 38.2 Å². The molecule has 1 aliphatic heterocycles. The van der Waals surface area contributed by atoms with Crippen LogP contribution in [-0.4, -0.2) is 48.0 Å². The van der Waals surface area contributed by atoms with Crippen molar-refractivity contribution in [1.82, 2.24) is 14.5 Å². The first-order valence-electron chi connectivity index (χ1n) is 13.4. The SMILES string of the molecule is O=C(C1CCCC1)N(Cc1cnc(S(=O)(=O)Cc2ccccc2F)n1Cc1ccccc1)C[C@H]1CCCO1. The average molecular weight is 540 g/mol. The van der Waals surface area contributed by atoms with Gasteiger partial charge in [-0.2, -0.15) is 0 Å². The molecule has 0 bridgehead atoms. The van der Waals surface area contributed by atoms with E-state index in [1.807, 2.05) is 35.2 Å². The highest BCUT2D eigenvalue weighted by Crippen LogP contribution is 2.29. The first kappa shape index (κ1) is 26.6. The van der Waals surface area contributed by atoms with Gasteiger partial charge in [-0.3, -0.25) is 4.79 Å². The van der Waals surface area contributed by atoms with Crippen LogP contribution in [0.2, 0.25) is 0 Å². The molecule has 3 aromatic rings. The van der Waals surface area contributed by atoms with Crippen molar-refractivity contribution in [3.63, 3.8) is 0 Å². The van der Waals surface area contributed by atoms with Crippen LogP contribution in [0.5, 0.6) is 0 Å². The number of ether oxygens (including phenoxy) is 1. The van der Waals surface area contributed by atoms with Gasteiger partial charge in [0.1, 0.15) is 5.82 Å². The Morgan fingerprint density at radius 3 is 2.47 bits per heavy atom. The minimum Gasteiger partial charge on any atom is -0.376 e. The normalized spacial score (nSPS) is 18.2. The molecule has 0 radical (unpaired) electrons. The van der Waals surface area contributed by atoms with E-state index in [2.05, 4.69) is 4.98 Å². The van der Waals surface area contributed by atoms with Crippen molar-refractivity contribution in [3.8, 4) is 0 Å². The number of carbonyl (C=O) groups excluding carboxylic acids is 1. The predicted molar refractivity (Wildman–Crippen MR) is 141 cm³/mol. The van der Waals surface area contributed by atoms with Crippen molar-refractivity contribution in [2.24, 2.45) is 5.92 Å². The van der Waals surface area contributed by atoms with Gasteiger partial charge in [-0.25, -0.2) is 17.8 Å². The molecule has 38 heavy (non-hydrogen) atoms.